The molecule has 1 aromatic carbocycles. The van der Waals surface area contributed by atoms with Gasteiger partial charge in [-0.25, -0.2) is 4.79 Å². The number of carbonyl (C=O) groups excluding carboxylic acids is 2. The van der Waals surface area contributed by atoms with Gasteiger partial charge in [0.15, 0.2) is 0 Å². The van der Waals surface area contributed by atoms with E-state index in [-0.39, 0.29) is 18.0 Å². The molecule has 6 nitrogen and oxygen atoms in total. The first-order valence-corrected chi connectivity index (χ1v) is 8.49. The Morgan fingerprint density at radius 3 is 2.75 bits per heavy atom. The summed E-state index contributed by atoms with van der Waals surface area (Å²) in [5, 5.41) is 5.88. The van der Waals surface area contributed by atoms with Crippen LogP contribution in [-0.2, 0) is 11.3 Å². The molecule has 3 amide bonds. The van der Waals surface area contributed by atoms with Crippen LogP contribution in [0.25, 0.3) is 0 Å². The summed E-state index contributed by atoms with van der Waals surface area (Å²) in [6.45, 7) is 5.72. The van der Waals surface area contributed by atoms with Gasteiger partial charge in [0, 0.05) is 51.9 Å². The number of amides is 3. The number of carbonyl (C=O) groups is 2. The molecule has 0 aromatic heterocycles. The van der Waals surface area contributed by atoms with Gasteiger partial charge in [0.05, 0.1) is 0 Å². The molecule has 0 aliphatic carbocycles. The quantitative estimate of drug-likeness (QED) is 0.865. The highest BCUT2D eigenvalue weighted by Gasteiger charge is 2.26. The molecular weight excluding hydrogens is 304 g/mol. The van der Waals surface area contributed by atoms with E-state index in [0.717, 1.165) is 24.2 Å². The summed E-state index contributed by atoms with van der Waals surface area (Å²) in [6.07, 6.45) is 1.33. The molecule has 0 saturated carbocycles. The Balaban J connectivity index is 1.85. The van der Waals surface area contributed by atoms with Gasteiger partial charge in [-0.05, 0) is 30.5 Å². The van der Waals surface area contributed by atoms with E-state index in [2.05, 4.69) is 23.6 Å². The number of anilines is 1. The van der Waals surface area contributed by atoms with Crippen LogP contribution < -0.4 is 15.5 Å². The highest BCUT2D eigenvalue weighted by molar-refractivity contribution is 5.77. The zero-order valence-electron chi connectivity index (χ0n) is 15.1. The normalized spacial score (nSPS) is 16.8. The molecule has 1 aliphatic rings. The van der Waals surface area contributed by atoms with Crippen LogP contribution in [-0.4, -0.2) is 50.1 Å². The Kier molecular flexibility index (Phi) is 6.06. The van der Waals surface area contributed by atoms with Crippen LogP contribution in [0.4, 0.5) is 10.5 Å². The number of benzene rings is 1. The summed E-state index contributed by atoms with van der Waals surface area (Å²) in [5.41, 5.74) is 3.38. The Hall–Kier alpha value is -2.24. The third-order valence-electron chi connectivity index (χ3n) is 4.34. The van der Waals surface area contributed by atoms with Gasteiger partial charge in [0.25, 0.3) is 0 Å². The van der Waals surface area contributed by atoms with Gasteiger partial charge >= 0.3 is 6.03 Å². The number of rotatable bonds is 5. The summed E-state index contributed by atoms with van der Waals surface area (Å²) in [5.74, 6) is 0.148. The average Bonchev–Trinajstić information content (AvgIpc) is 3.01. The fourth-order valence-electron chi connectivity index (χ4n) is 2.98. The van der Waals surface area contributed by atoms with Crippen LogP contribution >= 0.6 is 0 Å². The van der Waals surface area contributed by atoms with Gasteiger partial charge < -0.3 is 20.4 Å². The van der Waals surface area contributed by atoms with Crippen molar-refractivity contribution in [3.63, 3.8) is 0 Å². The number of nitrogens with one attached hydrogen (secondary N) is 2. The number of aryl methyl sites for hydroxylation is 1. The van der Waals surface area contributed by atoms with Crippen molar-refractivity contribution in [1.29, 1.82) is 0 Å². The summed E-state index contributed by atoms with van der Waals surface area (Å²) in [7, 11) is 3.99. The lowest BCUT2D eigenvalue weighted by atomic mass is 10.1. The first-order chi connectivity index (χ1) is 11.4. The largest absolute Gasteiger partial charge is 0.377 e. The molecule has 1 atom stereocenters. The molecule has 0 radical (unpaired) electrons. The van der Waals surface area contributed by atoms with E-state index in [0.29, 0.717) is 19.5 Å². The molecule has 0 unspecified atom stereocenters. The second-order valence-electron chi connectivity index (χ2n) is 6.53. The molecule has 24 heavy (non-hydrogen) atoms. The van der Waals surface area contributed by atoms with Crippen molar-refractivity contribution in [3.05, 3.63) is 29.3 Å². The van der Waals surface area contributed by atoms with Crippen molar-refractivity contribution in [2.24, 2.45) is 0 Å². The first kappa shape index (κ1) is 18.1. The second-order valence-corrected chi connectivity index (χ2v) is 6.53. The van der Waals surface area contributed by atoms with E-state index in [4.69, 9.17) is 0 Å². The maximum Gasteiger partial charge on any atom is 0.315 e. The van der Waals surface area contributed by atoms with Crippen LogP contribution in [0.15, 0.2) is 18.2 Å². The molecule has 1 aromatic rings. The lowest BCUT2D eigenvalue weighted by Crippen LogP contribution is -2.43. The summed E-state index contributed by atoms with van der Waals surface area (Å²) in [4.78, 5) is 27.7. The zero-order valence-corrected chi connectivity index (χ0v) is 15.1. The van der Waals surface area contributed by atoms with Gasteiger partial charge in [-0.15, -0.1) is 0 Å². The number of hydrogen-bond acceptors (Lipinski definition) is 3. The van der Waals surface area contributed by atoms with Crippen LogP contribution in [0.1, 0.15) is 30.9 Å². The van der Waals surface area contributed by atoms with Gasteiger partial charge in [-0.2, -0.15) is 0 Å². The summed E-state index contributed by atoms with van der Waals surface area (Å²) < 4.78 is 0. The zero-order chi connectivity index (χ0) is 17.7. The van der Waals surface area contributed by atoms with Crippen molar-refractivity contribution < 1.29 is 9.59 Å². The fourth-order valence-corrected chi connectivity index (χ4v) is 2.98. The van der Waals surface area contributed by atoms with Crippen LogP contribution in [0.5, 0.6) is 0 Å². The third-order valence-corrected chi connectivity index (χ3v) is 4.34. The van der Waals surface area contributed by atoms with Crippen LogP contribution in [0.2, 0.25) is 0 Å². The van der Waals surface area contributed by atoms with E-state index in [1.54, 1.807) is 0 Å². The lowest BCUT2D eigenvalue weighted by Gasteiger charge is -2.19. The molecule has 1 fully saturated rings. The van der Waals surface area contributed by atoms with E-state index < -0.39 is 0 Å². The third kappa shape index (κ3) is 4.63. The van der Waals surface area contributed by atoms with Crippen molar-refractivity contribution in [3.8, 4) is 0 Å². The minimum absolute atomic E-state index is 0.0341. The van der Waals surface area contributed by atoms with E-state index in [9.17, 15) is 9.59 Å². The van der Waals surface area contributed by atoms with E-state index in [1.807, 2.05) is 43.0 Å². The van der Waals surface area contributed by atoms with Gasteiger partial charge in [-0.3, -0.25) is 4.79 Å². The predicted molar refractivity (Wildman–Crippen MR) is 96.2 cm³/mol. The first-order valence-electron chi connectivity index (χ1n) is 8.49. The topological polar surface area (TPSA) is 64.7 Å². The van der Waals surface area contributed by atoms with Gasteiger partial charge in [-0.1, -0.05) is 19.1 Å². The lowest BCUT2D eigenvalue weighted by molar-refractivity contribution is -0.129. The number of likely N-dealkylation sites (tertiary alicyclic amines) is 1. The highest BCUT2D eigenvalue weighted by Crippen LogP contribution is 2.20. The number of hydrogen-bond donors (Lipinski definition) is 2. The van der Waals surface area contributed by atoms with Crippen LogP contribution in [0.3, 0.4) is 0 Å². The SMILES string of the molecule is CCC(=O)N1CC[C@@H](NC(=O)NCc2ccc(C)cc2N(C)C)C1. The standard InChI is InChI=1S/C18H28N4O2/c1-5-17(23)22-9-8-15(12-22)20-18(24)19-11-14-7-6-13(2)10-16(14)21(3)4/h6-7,10,15H,5,8-9,11-12H2,1-4H3,(H2,19,20,24)/t15-/m1/s1. The van der Waals surface area contributed by atoms with Crippen molar-refractivity contribution in [1.82, 2.24) is 15.5 Å². The van der Waals surface area contributed by atoms with Crippen molar-refractivity contribution in [2.75, 3.05) is 32.1 Å². The molecule has 1 saturated heterocycles. The Labute approximate surface area is 144 Å². The van der Waals surface area contributed by atoms with E-state index >= 15 is 0 Å². The van der Waals surface area contributed by atoms with Gasteiger partial charge in [0.1, 0.15) is 0 Å². The Bertz CT molecular complexity index is 601. The van der Waals surface area contributed by atoms with Crippen molar-refractivity contribution in [2.45, 2.75) is 39.3 Å². The molecule has 0 bridgehead atoms. The summed E-state index contributed by atoms with van der Waals surface area (Å²) in [6, 6.07) is 6.05. The molecular formula is C18H28N4O2. The van der Waals surface area contributed by atoms with Crippen LogP contribution in [0, 0.1) is 6.92 Å². The molecule has 2 N–H and O–H groups in total. The maximum absolute atomic E-state index is 12.1. The maximum atomic E-state index is 12.1. The van der Waals surface area contributed by atoms with Gasteiger partial charge in [0.2, 0.25) is 5.91 Å². The fraction of sp³-hybridized carbons (Fsp3) is 0.556. The minimum Gasteiger partial charge on any atom is -0.377 e. The second kappa shape index (κ2) is 8.04. The molecule has 0 spiro atoms. The molecule has 6 heteroatoms. The highest BCUT2D eigenvalue weighted by atomic mass is 16.2. The van der Waals surface area contributed by atoms with E-state index in [1.165, 1.54) is 5.56 Å². The molecule has 1 aliphatic heterocycles. The number of urea groups is 1. The minimum atomic E-state index is -0.184. The molecule has 1 heterocycles. The predicted octanol–water partition coefficient (Wildman–Crippen LogP) is 1.87. The average molecular weight is 332 g/mol. The Morgan fingerprint density at radius 1 is 1.33 bits per heavy atom. The Morgan fingerprint density at radius 2 is 2.08 bits per heavy atom. The van der Waals surface area contributed by atoms with Crippen molar-refractivity contribution >= 4 is 17.6 Å². The summed E-state index contributed by atoms with van der Waals surface area (Å²) >= 11 is 0. The monoisotopic (exact) mass is 332 g/mol. The molecule has 132 valence electrons. The smallest absolute Gasteiger partial charge is 0.315 e. The molecule has 2 rings (SSSR count). The number of nitrogens with zero attached hydrogens (tertiary/aromatic N) is 2.